The lowest BCUT2D eigenvalue weighted by molar-refractivity contribution is 0.465. The number of halogens is 1. The van der Waals surface area contributed by atoms with E-state index in [1.165, 1.54) is 6.07 Å². The number of rotatable bonds is 5. The molecule has 1 aromatic heterocycles. The summed E-state index contributed by atoms with van der Waals surface area (Å²) >= 11 is 0. The van der Waals surface area contributed by atoms with E-state index in [0.29, 0.717) is 23.6 Å². The summed E-state index contributed by atoms with van der Waals surface area (Å²) in [6, 6.07) is 6.73. The zero-order valence-corrected chi connectivity index (χ0v) is 11.1. The van der Waals surface area contributed by atoms with Crippen molar-refractivity contribution >= 4 is 0 Å². The van der Waals surface area contributed by atoms with E-state index in [9.17, 15) is 4.39 Å². The predicted octanol–water partition coefficient (Wildman–Crippen LogP) is 3.43. The first-order valence-electron chi connectivity index (χ1n) is 6.28. The van der Waals surface area contributed by atoms with E-state index in [-0.39, 0.29) is 5.82 Å². The van der Waals surface area contributed by atoms with E-state index in [1.807, 2.05) is 13.0 Å². The molecule has 0 aliphatic heterocycles. The Bertz CT molecular complexity index is 558. The van der Waals surface area contributed by atoms with E-state index < -0.39 is 0 Å². The van der Waals surface area contributed by atoms with Crippen LogP contribution < -0.4 is 10.1 Å². The largest absolute Gasteiger partial charge is 0.455 e. The fourth-order valence-electron chi connectivity index (χ4n) is 1.67. The number of pyridine rings is 1. The molecule has 3 nitrogen and oxygen atoms in total. The first kappa shape index (κ1) is 13.5. The molecule has 0 aliphatic carbocycles. The number of hydrogen-bond acceptors (Lipinski definition) is 3. The Hall–Kier alpha value is -1.94. The highest BCUT2D eigenvalue weighted by Gasteiger charge is 2.06. The minimum Gasteiger partial charge on any atom is -0.455 e. The molecular formula is C15H17FN2O. The Morgan fingerprint density at radius 2 is 2.16 bits per heavy atom. The number of ether oxygens (including phenoxy) is 1. The van der Waals surface area contributed by atoms with Crippen molar-refractivity contribution in [2.45, 2.75) is 20.4 Å². The number of aryl methyl sites for hydroxylation is 1. The third kappa shape index (κ3) is 3.51. The Labute approximate surface area is 112 Å². The van der Waals surface area contributed by atoms with Gasteiger partial charge < -0.3 is 10.1 Å². The molecule has 19 heavy (non-hydrogen) atoms. The van der Waals surface area contributed by atoms with Crippen LogP contribution in [-0.4, -0.2) is 11.5 Å². The van der Waals surface area contributed by atoms with Gasteiger partial charge in [-0.3, -0.25) is 4.98 Å². The number of benzene rings is 1. The molecule has 1 aromatic carbocycles. The molecule has 2 aromatic rings. The van der Waals surface area contributed by atoms with Crippen molar-refractivity contribution in [3.05, 3.63) is 53.6 Å². The molecule has 0 aliphatic rings. The molecule has 0 atom stereocenters. The number of aromatic nitrogens is 1. The van der Waals surface area contributed by atoms with Crippen molar-refractivity contribution in [1.29, 1.82) is 0 Å². The molecule has 0 radical (unpaired) electrons. The van der Waals surface area contributed by atoms with Crippen LogP contribution in [0.3, 0.4) is 0 Å². The van der Waals surface area contributed by atoms with Gasteiger partial charge in [-0.05, 0) is 31.2 Å². The maximum atomic E-state index is 13.5. The molecule has 100 valence electrons. The lowest BCUT2D eigenvalue weighted by Gasteiger charge is -2.11. The van der Waals surface area contributed by atoms with Gasteiger partial charge in [-0.2, -0.15) is 0 Å². The van der Waals surface area contributed by atoms with E-state index >= 15 is 0 Å². The smallest absolute Gasteiger partial charge is 0.150 e. The fraction of sp³-hybridized carbons (Fsp3) is 0.267. The Kier molecular flexibility index (Phi) is 4.47. The monoisotopic (exact) mass is 260 g/mol. The molecule has 0 unspecified atom stereocenters. The minimum absolute atomic E-state index is 0.269. The van der Waals surface area contributed by atoms with Crippen LogP contribution in [0, 0.1) is 12.7 Å². The number of nitrogens with zero attached hydrogens (tertiary/aromatic N) is 1. The molecule has 0 bridgehead atoms. The second-order valence-electron chi connectivity index (χ2n) is 4.28. The van der Waals surface area contributed by atoms with Crippen molar-refractivity contribution in [2.75, 3.05) is 6.54 Å². The van der Waals surface area contributed by atoms with Crippen molar-refractivity contribution in [3.63, 3.8) is 0 Å². The molecule has 0 fully saturated rings. The summed E-state index contributed by atoms with van der Waals surface area (Å²) in [5.41, 5.74) is 1.60. The average molecular weight is 260 g/mol. The third-order valence-corrected chi connectivity index (χ3v) is 2.81. The second-order valence-corrected chi connectivity index (χ2v) is 4.28. The van der Waals surface area contributed by atoms with Crippen molar-refractivity contribution in [1.82, 2.24) is 10.3 Å². The predicted molar refractivity (Wildman–Crippen MR) is 72.8 cm³/mol. The van der Waals surface area contributed by atoms with E-state index in [0.717, 1.165) is 12.1 Å². The van der Waals surface area contributed by atoms with Crippen LogP contribution in [-0.2, 0) is 6.54 Å². The molecule has 1 N–H and O–H groups in total. The second kappa shape index (κ2) is 6.29. The molecule has 0 spiro atoms. The molecule has 1 heterocycles. The van der Waals surface area contributed by atoms with Crippen LogP contribution in [0.4, 0.5) is 4.39 Å². The Morgan fingerprint density at radius 3 is 2.89 bits per heavy atom. The highest BCUT2D eigenvalue weighted by molar-refractivity contribution is 5.36. The highest BCUT2D eigenvalue weighted by Crippen LogP contribution is 2.25. The highest BCUT2D eigenvalue weighted by atomic mass is 19.1. The molecule has 4 heteroatoms. The first-order chi connectivity index (χ1) is 9.20. The molecular weight excluding hydrogens is 243 g/mol. The van der Waals surface area contributed by atoms with Crippen LogP contribution >= 0.6 is 0 Å². The Balaban J connectivity index is 2.20. The first-order valence-corrected chi connectivity index (χ1v) is 6.28. The molecule has 2 rings (SSSR count). The van der Waals surface area contributed by atoms with Gasteiger partial charge in [0.15, 0.2) is 0 Å². The zero-order chi connectivity index (χ0) is 13.7. The van der Waals surface area contributed by atoms with Crippen LogP contribution in [0.5, 0.6) is 11.5 Å². The van der Waals surface area contributed by atoms with Gasteiger partial charge >= 0.3 is 0 Å². The van der Waals surface area contributed by atoms with Gasteiger partial charge in [0, 0.05) is 24.4 Å². The lowest BCUT2D eigenvalue weighted by atomic mass is 10.2. The van der Waals surface area contributed by atoms with Crippen molar-refractivity contribution in [3.8, 4) is 11.5 Å². The summed E-state index contributed by atoms with van der Waals surface area (Å²) in [7, 11) is 0. The quantitative estimate of drug-likeness (QED) is 0.894. The SMILES string of the molecule is CCNCc1ccncc1Oc1ccc(C)c(F)c1. The summed E-state index contributed by atoms with van der Waals surface area (Å²) in [6.45, 7) is 5.33. The lowest BCUT2D eigenvalue weighted by Crippen LogP contribution is -2.12. The van der Waals surface area contributed by atoms with E-state index in [2.05, 4.69) is 10.3 Å². The van der Waals surface area contributed by atoms with Crippen LogP contribution in [0.1, 0.15) is 18.1 Å². The normalized spacial score (nSPS) is 10.5. The van der Waals surface area contributed by atoms with Crippen LogP contribution in [0.25, 0.3) is 0 Å². The van der Waals surface area contributed by atoms with Gasteiger partial charge in [-0.1, -0.05) is 13.0 Å². The summed E-state index contributed by atoms with van der Waals surface area (Å²) in [4.78, 5) is 4.04. The number of hydrogen-bond donors (Lipinski definition) is 1. The average Bonchev–Trinajstić information content (AvgIpc) is 2.42. The zero-order valence-electron chi connectivity index (χ0n) is 11.1. The van der Waals surface area contributed by atoms with Gasteiger partial charge in [0.05, 0.1) is 6.20 Å². The van der Waals surface area contributed by atoms with Crippen LogP contribution in [0.2, 0.25) is 0 Å². The number of nitrogens with one attached hydrogen (secondary N) is 1. The Morgan fingerprint density at radius 1 is 1.32 bits per heavy atom. The van der Waals surface area contributed by atoms with Gasteiger partial charge in [-0.15, -0.1) is 0 Å². The van der Waals surface area contributed by atoms with Crippen molar-refractivity contribution in [2.24, 2.45) is 0 Å². The van der Waals surface area contributed by atoms with Gasteiger partial charge in [0.1, 0.15) is 17.3 Å². The maximum Gasteiger partial charge on any atom is 0.150 e. The van der Waals surface area contributed by atoms with Gasteiger partial charge in [-0.25, -0.2) is 4.39 Å². The standard InChI is InChI=1S/C15H17FN2O/c1-3-17-9-12-6-7-18-10-15(12)19-13-5-4-11(2)14(16)8-13/h4-8,10,17H,3,9H2,1-2H3. The maximum absolute atomic E-state index is 13.5. The third-order valence-electron chi connectivity index (χ3n) is 2.81. The molecule has 0 saturated carbocycles. The summed E-state index contributed by atoms with van der Waals surface area (Å²) in [5.74, 6) is 0.857. The topological polar surface area (TPSA) is 34.2 Å². The van der Waals surface area contributed by atoms with Gasteiger partial charge in [0.25, 0.3) is 0 Å². The fourth-order valence-corrected chi connectivity index (χ4v) is 1.67. The molecule has 0 saturated heterocycles. The van der Waals surface area contributed by atoms with Crippen molar-refractivity contribution < 1.29 is 9.13 Å². The molecule has 0 amide bonds. The van der Waals surface area contributed by atoms with Crippen LogP contribution in [0.15, 0.2) is 36.7 Å². The summed E-state index contributed by atoms with van der Waals surface area (Å²) in [6.07, 6.45) is 3.36. The van der Waals surface area contributed by atoms with Gasteiger partial charge in [0.2, 0.25) is 0 Å². The van der Waals surface area contributed by atoms with E-state index in [4.69, 9.17) is 4.74 Å². The summed E-state index contributed by atoms with van der Waals surface area (Å²) < 4.78 is 19.2. The minimum atomic E-state index is -0.269. The van der Waals surface area contributed by atoms with E-state index in [1.54, 1.807) is 31.5 Å². The summed E-state index contributed by atoms with van der Waals surface area (Å²) in [5, 5.41) is 3.23.